The zero-order valence-electron chi connectivity index (χ0n) is 16.0. The molecule has 1 aromatic heterocycles. The number of fused-ring (bicyclic) bond motifs is 2. The van der Waals surface area contributed by atoms with E-state index in [-0.39, 0.29) is 11.9 Å². The van der Waals surface area contributed by atoms with E-state index in [4.69, 9.17) is 4.74 Å². The number of hydrogen-bond acceptors (Lipinski definition) is 4. The number of anilines is 1. The summed E-state index contributed by atoms with van der Waals surface area (Å²) < 4.78 is 7.24. The zero-order chi connectivity index (χ0) is 20.0. The average molecular weight is 388 g/mol. The molecule has 0 radical (unpaired) electrons. The Hall–Kier alpha value is -3.61. The number of urea groups is 1. The third-order valence-electron chi connectivity index (χ3n) is 5.58. The van der Waals surface area contributed by atoms with E-state index in [1.165, 1.54) is 10.5 Å². The smallest absolute Gasteiger partial charge is 0.332 e. The lowest BCUT2D eigenvalue weighted by atomic mass is 10.0. The molecule has 0 bridgehead atoms. The highest BCUT2D eigenvalue weighted by Gasteiger charge is 2.48. The largest absolute Gasteiger partial charge is 0.497 e. The number of rotatable bonds is 4. The molecule has 5 rings (SSSR count). The van der Waals surface area contributed by atoms with Crippen LogP contribution in [0.15, 0.2) is 60.9 Å². The molecule has 3 aromatic rings. The van der Waals surface area contributed by atoms with Crippen LogP contribution in [0.3, 0.4) is 0 Å². The lowest BCUT2D eigenvalue weighted by Crippen LogP contribution is -2.40. The predicted molar refractivity (Wildman–Crippen MR) is 107 cm³/mol. The summed E-state index contributed by atoms with van der Waals surface area (Å²) in [6.45, 7) is 1.04. The summed E-state index contributed by atoms with van der Waals surface area (Å²) in [7, 11) is 1.58. The maximum atomic E-state index is 13.1. The molecule has 1 saturated heterocycles. The van der Waals surface area contributed by atoms with E-state index in [2.05, 4.69) is 21.7 Å². The standard InChI is InChI=1S/C22H20N4O3/c1-29-17-9-7-16(8-10-17)26-21(27)20-11-19-18(13-25(20)22(26)28)23-14-24(19)12-15-5-3-2-4-6-15/h2-10,14,20H,11-13H2,1H3. The first kappa shape index (κ1) is 17.5. The molecule has 1 atom stereocenters. The van der Waals surface area contributed by atoms with E-state index in [0.717, 1.165) is 11.4 Å². The van der Waals surface area contributed by atoms with Gasteiger partial charge in [0.05, 0.1) is 31.4 Å². The Morgan fingerprint density at radius 1 is 1.07 bits per heavy atom. The van der Waals surface area contributed by atoms with Crippen LogP contribution in [0.25, 0.3) is 0 Å². The summed E-state index contributed by atoms with van der Waals surface area (Å²) in [5, 5.41) is 0. The van der Waals surface area contributed by atoms with Gasteiger partial charge in [0.2, 0.25) is 0 Å². The van der Waals surface area contributed by atoms with Crippen molar-refractivity contribution in [2.24, 2.45) is 0 Å². The Kier molecular flexibility index (Phi) is 4.08. The van der Waals surface area contributed by atoms with Crippen LogP contribution in [0.1, 0.15) is 17.0 Å². The lowest BCUT2D eigenvalue weighted by molar-refractivity contribution is -0.120. The second-order valence-electron chi connectivity index (χ2n) is 7.25. The number of imide groups is 1. The van der Waals surface area contributed by atoms with E-state index in [9.17, 15) is 9.59 Å². The molecule has 7 nitrogen and oxygen atoms in total. The minimum atomic E-state index is -0.497. The maximum Gasteiger partial charge on any atom is 0.332 e. The van der Waals surface area contributed by atoms with Gasteiger partial charge in [-0.15, -0.1) is 0 Å². The van der Waals surface area contributed by atoms with Crippen LogP contribution in [0.2, 0.25) is 0 Å². The van der Waals surface area contributed by atoms with Gasteiger partial charge >= 0.3 is 6.03 Å². The van der Waals surface area contributed by atoms with Gasteiger partial charge in [0, 0.05) is 18.7 Å². The number of ether oxygens (including phenoxy) is 1. The number of benzene rings is 2. The van der Waals surface area contributed by atoms with Crippen molar-refractivity contribution in [3.8, 4) is 5.75 Å². The fourth-order valence-electron chi connectivity index (χ4n) is 4.06. The topological polar surface area (TPSA) is 67.7 Å². The highest BCUT2D eigenvalue weighted by atomic mass is 16.5. The normalized spacial score (nSPS) is 18.0. The van der Waals surface area contributed by atoms with E-state index >= 15 is 0 Å². The fraction of sp³-hybridized carbons (Fsp3) is 0.227. The molecule has 0 spiro atoms. The van der Waals surface area contributed by atoms with Crippen molar-refractivity contribution < 1.29 is 14.3 Å². The fourth-order valence-corrected chi connectivity index (χ4v) is 4.06. The Morgan fingerprint density at radius 2 is 1.83 bits per heavy atom. The third kappa shape index (κ3) is 2.86. The molecule has 1 unspecified atom stereocenters. The second kappa shape index (κ2) is 6.77. The van der Waals surface area contributed by atoms with Crippen molar-refractivity contribution in [2.75, 3.05) is 12.0 Å². The minimum Gasteiger partial charge on any atom is -0.497 e. The van der Waals surface area contributed by atoms with Crippen LogP contribution in [-0.2, 0) is 24.3 Å². The van der Waals surface area contributed by atoms with E-state index in [1.54, 1.807) is 42.6 Å². The molecule has 3 heterocycles. The van der Waals surface area contributed by atoms with Gasteiger partial charge in [-0.1, -0.05) is 30.3 Å². The van der Waals surface area contributed by atoms with E-state index < -0.39 is 6.04 Å². The summed E-state index contributed by atoms with van der Waals surface area (Å²) in [4.78, 5) is 33.5. The first-order valence-electron chi connectivity index (χ1n) is 9.51. The van der Waals surface area contributed by atoms with Gasteiger partial charge < -0.3 is 14.2 Å². The monoisotopic (exact) mass is 388 g/mol. The molecule has 2 aromatic carbocycles. The van der Waals surface area contributed by atoms with E-state index in [0.29, 0.717) is 30.9 Å². The third-order valence-corrected chi connectivity index (χ3v) is 5.58. The van der Waals surface area contributed by atoms with Crippen LogP contribution in [-0.4, -0.2) is 39.5 Å². The predicted octanol–water partition coefficient (Wildman–Crippen LogP) is 2.83. The number of hydrogen-bond donors (Lipinski definition) is 0. The summed E-state index contributed by atoms with van der Waals surface area (Å²) in [6, 6.07) is 16.3. The molecule has 0 saturated carbocycles. The Morgan fingerprint density at radius 3 is 2.55 bits per heavy atom. The van der Waals surface area contributed by atoms with Crippen LogP contribution in [0.4, 0.5) is 10.5 Å². The van der Waals surface area contributed by atoms with Gasteiger partial charge in [0.25, 0.3) is 5.91 Å². The van der Waals surface area contributed by atoms with Gasteiger partial charge in [0.1, 0.15) is 11.8 Å². The Labute approximate surface area is 168 Å². The number of nitrogens with zero attached hydrogens (tertiary/aromatic N) is 4. The van der Waals surface area contributed by atoms with Gasteiger partial charge in [-0.3, -0.25) is 4.79 Å². The van der Waals surface area contributed by atoms with Crippen molar-refractivity contribution in [3.63, 3.8) is 0 Å². The van der Waals surface area contributed by atoms with Crippen molar-refractivity contribution >= 4 is 17.6 Å². The van der Waals surface area contributed by atoms with Crippen LogP contribution >= 0.6 is 0 Å². The van der Waals surface area contributed by atoms with Gasteiger partial charge in [0.15, 0.2) is 0 Å². The number of imidazole rings is 1. The van der Waals surface area contributed by atoms with Gasteiger partial charge in [-0.05, 0) is 29.8 Å². The molecular formula is C22H20N4O3. The average Bonchev–Trinajstić information content (AvgIpc) is 3.26. The minimum absolute atomic E-state index is 0.196. The molecule has 7 heteroatoms. The summed E-state index contributed by atoms with van der Waals surface area (Å²) in [5.41, 5.74) is 3.60. The second-order valence-corrected chi connectivity index (χ2v) is 7.25. The number of aromatic nitrogens is 2. The van der Waals surface area contributed by atoms with E-state index in [1.807, 2.05) is 18.2 Å². The molecule has 2 aliphatic heterocycles. The number of carbonyl (C=O) groups excluding carboxylic acids is 2. The van der Waals surface area contributed by atoms with Crippen LogP contribution in [0.5, 0.6) is 5.75 Å². The molecule has 146 valence electrons. The number of carbonyl (C=O) groups is 2. The Bertz CT molecular complexity index is 1080. The van der Waals surface area contributed by atoms with Crippen LogP contribution in [0, 0.1) is 0 Å². The van der Waals surface area contributed by atoms with Crippen molar-refractivity contribution in [2.45, 2.75) is 25.6 Å². The highest BCUT2D eigenvalue weighted by molar-refractivity contribution is 6.21. The molecule has 0 aliphatic carbocycles. The first-order valence-corrected chi connectivity index (χ1v) is 9.51. The van der Waals surface area contributed by atoms with Crippen molar-refractivity contribution in [1.82, 2.24) is 14.5 Å². The SMILES string of the molecule is COc1ccc(N2C(=O)C3Cc4c(ncn4Cc4ccccc4)CN3C2=O)cc1. The lowest BCUT2D eigenvalue weighted by Gasteiger charge is -2.27. The summed E-state index contributed by atoms with van der Waals surface area (Å²) in [5.74, 6) is 0.482. The Balaban J connectivity index is 1.42. The maximum absolute atomic E-state index is 13.1. The quantitative estimate of drug-likeness (QED) is 0.645. The highest BCUT2D eigenvalue weighted by Crippen LogP contribution is 2.33. The molecular weight excluding hydrogens is 368 g/mol. The first-order chi connectivity index (χ1) is 14.2. The number of methoxy groups -OCH3 is 1. The summed E-state index contributed by atoms with van der Waals surface area (Å²) in [6.07, 6.45) is 2.27. The number of amides is 3. The van der Waals surface area contributed by atoms with Crippen molar-refractivity contribution in [3.05, 3.63) is 77.9 Å². The van der Waals surface area contributed by atoms with Gasteiger partial charge in [-0.25, -0.2) is 14.7 Å². The molecule has 0 N–H and O–H groups in total. The van der Waals surface area contributed by atoms with Gasteiger partial charge in [-0.2, -0.15) is 0 Å². The molecule has 1 fully saturated rings. The summed E-state index contributed by atoms with van der Waals surface area (Å²) >= 11 is 0. The molecule has 2 aliphatic rings. The molecule has 29 heavy (non-hydrogen) atoms. The zero-order valence-corrected chi connectivity index (χ0v) is 16.0. The van der Waals surface area contributed by atoms with Crippen molar-refractivity contribution in [1.29, 1.82) is 0 Å². The van der Waals surface area contributed by atoms with Crippen LogP contribution < -0.4 is 9.64 Å². The molecule has 3 amide bonds.